The van der Waals surface area contributed by atoms with Crippen LogP contribution in [0.2, 0.25) is 0 Å². The number of rotatable bonds is 5. The number of nitrogens with two attached hydrogens (primary N) is 1. The van der Waals surface area contributed by atoms with Crippen molar-refractivity contribution in [3.05, 3.63) is 48.3 Å². The molecule has 0 aliphatic heterocycles. The van der Waals surface area contributed by atoms with E-state index in [2.05, 4.69) is 22.4 Å². The number of amides is 1. The molecular weight excluding hydrogens is 342 g/mol. The van der Waals surface area contributed by atoms with Gasteiger partial charge in [-0.1, -0.05) is 12.8 Å². The maximum absolute atomic E-state index is 12.0. The van der Waals surface area contributed by atoms with E-state index in [0.717, 1.165) is 10.9 Å². The molecule has 24 heavy (non-hydrogen) atoms. The minimum absolute atomic E-state index is 0. The molecule has 3 rings (SSSR count). The summed E-state index contributed by atoms with van der Waals surface area (Å²) < 4.78 is 0. The highest BCUT2D eigenvalue weighted by molar-refractivity contribution is 8.00. The molecule has 1 amide bonds. The zero-order valence-electron chi connectivity index (χ0n) is 13.4. The predicted molar refractivity (Wildman–Crippen MR) is 103 cm³/mol. The lowest BCUT2D eigenvalue weighted by atomic mass is 10.2. The van der Waals surface area contributed by atoms with Crippen molar-refractivity contribution in [1.82, 2.24) is 4.98 Å². The zero-order valence-corrected chi connectivity index (χ0v) is 15.0. The fraction of sp³-hybridized carbons (Fsp3) is 0.333. The van der Waals surface area contributed by atoms with Gasteiger partial charge in [-0.05, 0) is 49.2 Å². The van der Waals surface area contributed by atoms with Crippen LogP contribution in [-0.4, -0.2) is 16.1 Å². The fourth-order valence-electron chi connectivity index (χ4n) is 2.73. The van der Waals surface area contributed by atoms with E-state index >= 15 is 0 Å². The van der Waals surface area contributed by atoms with Crippen LogP contribution in [-0.2, 0) is 11.2 Å². The Hall–Kier alpha value is -1.72. The van der Waals surface area contributed by atoms with Crippen LogP contribution >= 0.6 is 24.2 Å². The van der Waals surface area contributed by atoms with Gasteiger partial charge in [-0.3, -0.25) is 9.78 Å². The molecule has 1 aliphatic rings. The first kappa shape index (κ1) is 18.6. The Morgan fingerprint density at radius 2 is 1.88 bits per heavy atom. The van der Waals surface area contributed by atoms with Crippen molar-refractivity contribution >= 4 is 41.5 Å². The number of hydrogen-bond acceptors (Lipinski definition) is 4. The Bertz CT molecular complexity index is 655. The molecule has 6 heteroatoms. The standard InChI is InChI=1S/C18H21N3OS.ClH/c19-13-5-6-15(20-12-13)11-18(22)21-14-7-9-17(10-8-14)23-16-3-1-2-4-16;/h5-10,12,16H,1-4,11,19H2,(H,21,22);1H. The Labute approximate surface area is 153 Å². The number of nitrogen functional groups attached to an aromatic ring is 1. The molecule has 0 radical (unpaired) electrons. The molecule has 1 aromatic carbocycles. The van der Waals surface area contributed by atoms with E-state index in [-0.39, 0.29) is 24.7 Å². The van der Waals surface area contributed by atoms with Crippen LogP contribution in [0.5, 0.6) is 0 Å². The highest BCUT2D eigenvalue weighted by Crippen LogP contribution is 2.34. The first-order chi connectivity index (χ1) is 11.2. The third-order valence-electron chi connectivity index (χ3n) is 3.93. The Morgan fingerprint density at radius 1 is 1.17 bits per heavy atom. The van der Waals surface area contributed by atoms with Gasteiger partial charge in [0.2, 0.25) is 5.91 Å². The largest absolute Gasteiger partial charge is 0.397 e. The summed E-state index contributed by atoms with van der Waals surface area (Å²) in [5, 5.41) is 3.66. The van der Waals surface area contributed by atoms with E-state index in [1.807, 2.05) is 23.9 Å². The molecule has 1 fully saturated rings. The fourth-order valence-corrected chi connectivity index (χ4v) is 3.97. The number of anilines is 2. The predicted octanol–water partition coefficient (Wildman–Crippen LogP) is 4.30. The van der Waals surface area contributed by atoms with Gasteiger partial charge in [0, 0.05) is 21.5 Å². The van der Waals surface area contributed by atoms with E-state index < -0.39 is 0 Å². The molecular formula is C18H22ClN3OS. The number of benzene rings is 1. The SMILES string of the molecule is Cl.Nc1ccc(CC(=O)Nc2ccc(SC3CCCC3)cc2)nc1. The quantitative estimate of drug-likeness (QED) is 0.830. The van der Waals surface area contributed by atoms with Crippen LogP contribution in [0.25, 0.3) is 0 Å². The van der Waals surface area contributed by atoms with Crippen LogP contribution in [0.4, 0.5) is 11.4 Å². The van der Waals surface area contributed by atoms with Crippen LogP contribution in [0.15, 0.2) is 47.5 Å². The molecule has 2 aromatic rings. The molecule has 1 saturated carbocycles. The summed E-state index contributed by atoms with van der Waals surface area (Å²) in [4.78, 5) is 17.5. The van der Waals surface area contributed by atoms with E-state index in [1.54, 1.807) is 18.3 Å². The summed E-state index contributed by atoms with van der Waals surface area (Å²) in [6, 6.07) is 11.6. The molecule has 0 spiro atoms. The Morgan fingerprint density at radius 3 is 2.50 bits per heavy atom. The summed E-state index contributed by atoms with van der Waals surface area (Å²) in [7, 11) is 0. The third kappa shape index (κ3) is 5.42. The summed E-state index contributed by atoms with van der Waals surface area (Å²) >= 11 is 1.95. The van der Waals surface area contributed by atoms with Crippen molar-refractivity contribution in [3.8, 4) is 0 Å². The molecule has 3 N–H and O–H groups in total. The first-order valence-corrected chi connectivity index (χ1v) is 8.84. The van der Waals surface area contributed by atoms with E-state index in [4.69, 9.17) is 5.73 Å². The number of carbonyl (C=O) groups is 1. The van der Waals surface area contributed by atoms with Gasteiger partial charge in [0.1, 0.15) is 0 Å². The molecule has 1 aromatic heterocycles. The molecule has 0 bridgehead atoms. The van der Waals surface area contributed by atoms with Gasteiger partial charge < -0.3 is 11.1 Å². The van der Waals surface area contributed by atoms with Crippen LogP contribution in [0, 0.1) is 0 Å². The lowest BCUT2D eigenvalue weighted by Gasteiger charge is -2.10. The van der Waals surface area contributed by atoms with E-state index in [9.17, 15) is 4.79 Å². The van der Waals surface area contributed by atoms with Crippen LogP contribution in [0.3, 0.4) is 0 Å². The first-order valence-electron chi connectivity index (χ1n) is 7.96. The van der Waals surface area contributed by atoms with Gasteiger partial charge in [-0.25, -0.2) is 0 Å². The molecule has 0 unspecified atom stereocenters. The number of thioether (sulfide) groups is 1. The molecule has 1 heterocycles. The van der Waals surface area contributed by atoms with Gasteiger partial charge >= 0.3 is 0 Å². The van der Waals surface area contributed by atoms with E-state index in [1.165, 1.54) is 30.6 Å². The van der Waals surface area contributed by atoms with Crippen molar-refractivity contribution in [1.29, 1.82) is 0 Å². The number of nitrogens with one attached hydrogen (secondary N) is 1. The molecule has 128 valence electrons. The zero-order chi connectivity index (χ0) is 16.1. The second-order valence-corrected chi connectivity index (χ2v) is 7.23. The van der Waals surface area contributed by atoms with Gasteiger partial charge in [0.15, 0.2) is 0 Å². The minimum atomic E-state index is -0.0709. The Kier molecular flexibility index (Phi) is 6.94. The maximum atomic E-state index is 12.0. The third-order valence-corrected chi connectivity index (χ3v) is 5.28. The topological polar surface area (TPSA) is 68.0 Å². The highest BCUT2D eigenvalue weighted by Gasteiger charge is 2.15. The van der Waals surface area contributed by atoms with E-state index in [0.29, 0.717) is 11.4 Å². The lowest BCUT2D eigenvalue weighted by molar-refractivity contribution is -0.115. The number of carbonyl (C=O) groups excluding carboxylic acids is 1. The van der Waals surface area contributed by atoms with Crippen molar-refractivity contribution in [2.75, 3.05) is 11.1 Å². The summed E-state index contributed by atoms with van der Waals surface area (Å²) in [5.41, 5.74) is 7.72. The molecule has 4 nitrogen and oxygen atoms in total. The average Bonchev–Trinajstić information content (AvgIpc) is 3.04. The average molecular weight is 364 g/mol. The van der Waals surface area contributed by atoms with Crippen LogP contribution < -0.4 is 11.1 Å². The number of nitrogens with zero attached hydrogens (tertiary/aromatic N) is 1. The highest BCUT2D eigenvalue weighted by atomic mass is 35.5. The Balaban J connectivity index is 0.00000208. The molecule has 0 atom stereocenters. The smallest absolute Gasteiger partial charge is 0.230 e. The van der Waals surface area contributed by atoms with Crippen molar-refractivity contribution in [3.63, 3.8) is 0 Å². The van der Waals surface area contributed by atoms with Crippen LogP contribution in [0.1, 0.15) is 31.4 Å². The van der Waals surface area contributed by atoms with Gasteiger partial charge in [0.05, 0.1) is 18.3 Å². The number of hydrogen-bond donors (Lipinski definition) is 2. The van der Waals surface area contributed by atoms with Gasteiger partial charge in [-0.2, -0.15) is 0 Å². The number of aromatic nitrogens is 1. The molecule has 0 saturated heterocycles. The van der Waals surface area contributed by atoms with Crippen molar-refractivity contribution < 1.29 is 4.79 Å². The summed E-state index contributed by atoms with van der Waals surface area (Å²) in [6.45, 7) is 0. The van der Waals surface area contributed by atoms with Crippen molar-refractivity contribution in [2.45, 2.75) is 42.2 Å². The minimum Gasteiger partial charge on any atom is -0.397 e. The monoisotopic (exact) mass is 363 g/mol. The number of halogens is 1. The lowest BCUT2D eigenvalue weighted by Crippen LogP contribution is -2.15. The molecule has 1 aliphatic carbocycles. The number of pyridine rings is 1. The van der Waals surface area contributed by atoms with Gasteiger partial charge in [-0.15, -0.1) is 24.2 Å². The normalized spacial score (nSPS) is 14.2. The summed E-state index contributed by atoms with van der Waals surface area (Å²) in [5.74, 6) is -0.0709. The summed E-state index contributed by atoms with van der Waals surface area (Å²) in [6.07, 6.45) is 7.15. The second-order valence-electron chi connectivity index (χ2n) is 5.86. The van der Waals surface area contributed by atoms with Gasteiger partial charge in [0.25, 0.3) is 0 Å². The van der Waals surface area contributed by atoms with Crippen molar-refractivity contribution in [2.24, 2.45) is 0 Å². The second kappa shape index (κ2) is 8.94. The maximum Gasteiger partial charge on any atom is 0.230 e.